The lowest BCUT2D eigenvalue weighted by atomic mass is 10.2. The van der Waals surface area contributed by atoms with Crippen LogP contribution in [0.3, 0.4) is 0 Å². The zero-order chi connectivity index (χ0) is 18.1. The van der Waals surface area contributed by atoms with Crippen LogP contribution in [0.5, 0.6) is 0 Å². The molecule has 0 aliphatic heterocycles. The van der Waals surface area contributed by atoms with Gasteiger partial charge in [0, 0.05) is 19.0 Å². The van der Waals surface area contributed by atoms with Gasteiger partial charge in [-0.05, 0) is 30.7 Å². The fourth-order valence-corrected chi connectivity index (χ4v) is 4.19. The van der Waals surface area contributed by atoms with Gasteiger partial charge < -0.3 is 4.90 Å². The molecular formula is C21H19N3OS. The van der Waals surface area contributed by atoms with E-state index in [4.69, 9.17) is 0 Å². The summed E-state index contributed by atoms with van der Waals surface area (Å²) in [5, 5.41) is 5.67. The first-order valence-electron chi connectivity index (χ1n) is 8.47. The Balaban J connectivity index is 1.66. The van der Waals surface area contributed by atoms with Crippen molar-refractivity contribution < 1.29 is 4.79 Å². The lowest BCUT2D eigenvalue weighted by molar-refractivity contribution is 0.0790. The second kappa shape index (κ2) is 6.77. The summed E-state index contributed by atoms with van der Waals surface area (Å²) in [6, 6.07) is 22.0. The number of amides is 1. The number of rotatable bonds is 4. The zero-order valence-electron chi connectivity index (χ0n) is 14.7. The Morgan fingerprint density at radius 1 is 1.08 bits per heavy atom. The summed E-state index contributed by atoms with van der Waals surface area (Å²) in [5.74, 6) is 0.0362. The van der Waals surface area contributed by atoms with E-state index in [1.165, 1.54) is 11.3 Å². The number of nitrogens with zero attached hydrogens (tertiary/aromatic N) is 3. The van der Waals surface area contributed by atoms with Gasteiger partial charge in [0.05, 0.1) is 16.3 Å². The molecule has 0 N–H and O–H groups in total. The van der Waals surface area contributed by atoms with Gasteiger partial charge in [0.1, 0.15) is 4.83 Å². The van der Waals surface area contributed by atoms with Gasteiger partial charge in [-0.1, -0.05) is 48.5 Å². The van der Waals surface area contributed by atoms with Crippen molar-refractivity contribution >= 4 is 27.5 Å². The molecule has 0 bridgehead atoms. The smallest absolute Gasteiger partial charge is 0.264 e. The van der Waals surface area contributed by atoms with Crippen molar-refractivity contribution in [2.45, 2.75) is 13.5 Å². The summed E-state index contributed by atoms with van der Waals surface area (Å²) in [5.41, 5.74) is 3.06. The van der Waals surface area contributed by atoms with E-state index in [2.05, 4.69) is 5.10 Å². The lowest BCUT2D eigenvalue weighted by Gasteiger charge is -2.16. The molecule has 0 atom stereocenters. The predicted octanol–water partition coefficient (Wildman–Crippen LogP) is 4.67. The van der Waals surface area contributed by atoms with Crippen molar-refractivity contribution in [3.05, 3.63) is 82.9 Å². The number of aryl methyl sites for hydroxylation is 1. The number of carbonyl (C=O) groups excluding carboxylic acids is 1. The van der Waals surface area contributed by atoms with E-state index in [0.29, 0.717) is 6.54 Å². The first kappa shape index (κ1) is 16.5. The number of para-hydroxylation sites is 1. The molecule has 0 unspecified atom stereocenters. The Morgan fingerprint density at radius 2 is 1.73 bits per heavy atom. The van der Waals surface area contributed by atoms with Crippen LogP contribution < -0.4 is 0 Å². The molecule has 26 heavy (non-hydrogen) atoms. The van der Waals surface area contributed by atoms with Crippen molar-refractivity contribution in [2.75, 3.05) is 7.05 Å². The zero-order valence-corrected chi connectivity index (χ0v) is 15.5. The van der Waals surface area contributed by atoms with Crippen LogP contribution in [0.1, 0.15) is 20.9 Å². The summed E-state index contributed by atoms with van der Waals surface area (Å²) in [4.78, 5) is 16.4. The quantitative estimate of drug-likeness (QED) is 0.530. The fourth-order valence-electron chi connectivity index (χ4n) is 3.01. The van der Waals surface area contributed by atoms with Crippen molar-refractivity contribution in [3.8, 4) is 5.69 Å². The molecule has 4 nitrogen and oxygen atoms in total. The third kappa shape index (κ3) is 3.02. The molecule has 2 aromatic heterocycles. The molecule has 1 amide bonds. The molecule has 0 aliphatic carbocycles. The maximum Gasteiger partial charge on any atom is 0.264 e. The van der Waals surface area contributed by atoms with Gasteiger partial charge in [-0.15, -0.1) is 11.3 Å². The number of benzene rings is 2. The van der Waals surface area contributed by atoms with Crippen molar-refractivity contribution in [1.82, 2.24) is 14.7 Å². The highest BCUT2D eigenvalue weighted by Crippen LogP contribution is 2.31. The van der Waals surface area contributed by atoms with Crippen LogP contribution >= 0.6 is 11.3 Å². The topological polar surface area (TPSA) is 38.1 Å². The maximum atomic E-state index is 12.9. The van der Waals surface area contributed by atoms with Crippen molar-refractivity contribution in [2.24, 2.45) is 0 Å². The van der Waals surface area contributed by atoms with Crippen molar-refractivity contribution in [1.29, 1.82) is 0 Å². The number of aromatic nitrogens is 2. The van der Waals surface area contributed by atoms with E-state index in [1.54, 1.807) is 4.90 Å². The van der Waals surface area contributed by atoms with Crippen LogP contribution in [0.4, 0.5) is 0 Å². The molecular weight excluding hydrogens is 342 g/mol. The molecule has 0 spiro atoms. The molecule has 2 heterocycles. The first-order chi connectivity index (χ1) is 12.6. The Bertz CT molecular complexity index is 1050. The van der Waals surface area contributed by atoms with Gasteiger partial charge in [-0.3, -0.25) is 4.79 Å². The van der Waals surface area contributed by atoms with Crippen LogP contribution in [0.25, 0.3) is 15.9 Å². The van der Waals surface area contributed by atoms with Crippen LogP contribution in [-0.4, -0.2) is 27.6 Å². The van der Waals surface area contributed by atoms with Gasteiger partial charge in [-0.25, -0.2) is 4.68 Å². The van der Waals surface area contributed by atoms with Gasteiger partial charge in [0.25, 0.3) is 5.91 Å². The molecule has 4 rings (SSSR count). The van der Waals surface area contributed by atoms with E-state index >= 15 is 0 Å². The molecule has 0 saturated heterocycles. The number of hydrogen-bond acceptors (Lipinski definition) is 3. The second-order valence-corrected chi connectivity index (χ2v) is 7.34. The van der Waals surface area contributed by atoms with Gasteiger partial charge >= 0.3 is 0 Å². The van der Waals surface area contributed by atoms with Crippen LogP contribution in [0, 0.1) is 6.92 Å². The van der Waals surface area contributed by atoms with Gasteiger partial charge in [0.2, 0.25) is 0 Å². The Morgan fingerprint density at radius 3 is 2.42 bits per heavy atom. The average Bonchev–Trinajstić information content (AvgIpc) is 3.23. The highest BCUT2D eigenvalue weighted by molar-refractivity contribution is 7.20. The summed E-state index contributed by atoms with van der Waals surface area (Å²) in [6.45, 7) is 2.58. The minimum atomic E-state index is 0.0362. The van der Waals surface area contributed by atoms with E-state index in [1.807, 2.05) is 85.4 Å². The molecule has 0 fully saturated rings. The number of hydrogen-bond donors (Lipinski definition) is 0. The SMILES string of the molecule is Cc1nn(-c2ccccc2)c2sc(C(=O)N(C)Cc3ccccc3)cc12. The lowest BCUT2D eigenvalue weighted by Crippen LogP contribution is -2.25. The second-order valence-electron chi connectivity index (χ2n) is 6.31. The fraction of sp³-hybridized carbons (Fsp3) is 0.143. The molecule has 0 saturated carbocycles. The van der Waals surface area contributed by atoms with Gasteiger partial charge in [0.15, 0.2) is 0 Å². The number of carbonyl (C=O) groups is 1. The molecule has 4 aromatic rings. The minimum absolute atomic E-state index is 0.0362. The third-order valence-electron chi connectivity index (χ3n) is 4.37. The number of thiophene rings is 1. The third-order valence-corrected chi connectivity index (χ3v) is 5.46. The van der Waals surface area contributed by atoms with E-state index < -0.39 is 0 Å². The Hall–Kier alpha value is -2.92. The van der Waals surface area contributed by atoms with E-state index in [0.717, 1.165) is 32.0 Å². The molecule has 0 radical (unpaired) electrons. The molecule has 2 aromatic carbocycles. The monoisotopic (exact) mass is 361 g/mol. The van der Waals surface area contributed by atoms with Crippen LogP contribution in [-0.2, 0) is 6.54 Å². The maximum absolute atomic E-state index is 12.9. The summed E-state index contributed by atoms with van der Waals surface area (Å²) < 4.78 is 1.92. The van der Waals surface area contributed by atoms with Crippen LogP contribution in [0.2, 0.25) is 0 Å². The van der Waals surface area contributed by atoms with Crippen LogP contribution in [0.15, 0.2) is 66.7 Å². The normalized spacial score (nSPS) is 11.0. The Kier molecular flexibility index (Phi) is 4.31. The largest absolute Gasteiger partial charge is 0.337 e. The summed E-state index contributed by atoms with van der Waals surface area (Å²) >= 11 is 1.50. The average molecular weight is 361 g/mol. The molecule has 130 valence electrons. The van der Waals surface area contributed by atoms with Crippen molar-refractivity contribution in [3.63, 3.8) is 0 Å². The predicted molar refractivity (Wildman–Crippen MR) is 106 cm³/mol. The van der Waals surface area contributed by atoms with E-state index in [9.17, 15) is 4.79 Å². The Labute approximate surface area is 156 Å². The number of fused-ring (bicyclic) bond motifs is 1. The van der Waals surface area contributed by atoms with E-state index in [-0.39, 0.29) is 5.91 Å². The summed E-state index contributed by atoms with van der Waals surface area (Å²) in [6.07, 6.45) is 0. The molecule has 0 aliphatic rings. The first-order valence-corrected chi connectivity index (χ1v) is 9.29. The molecule has 5 heteroatoms. The highest BCUT2D eigenvalue weighted by atomic mass is 32.1. The van der Waals surface area contributed by atoms with Gasteiger partial charge in [-0.2, -0.15) is 5.10 Å². The standard InChI is InChI=1S/C21H19N3OS/c1-15-18-13-19(20(25)23(2)14-16-9-5-3-6-10-16)26-21(18)24(22-15)17-11-7-4-8-12-17/h3-13H,14H2,1-2H3. The minimum Gasteiger partial charge on any atom is -0.337 e. The summed E-state index contributed by atoms with van der Waals surface area (Å²) in [7, 11) is 1.84. The highest BCUT2D eigenvalue weighted by Gasteiger charge is 2.19.